The number of fused-ring (bicyclic) bond motifs is 1. The molecule has 4 aromatic rings. The molecule has 38 heavy (non-hydrogen) atoms. The second-order valence-electron chi connectivity index (χ2n) is 10.2. The summed E-state index contributed by atoms with van der Waals surface area (Å²) in [6.07, 6.45) is 5.66. The summed E-state index contributed by atoms with van der Waals surface area (Å²) in [4.78, 5) is 28.5. The highest BCUT2D eigenvalue weighted by molar-refractivity contribution is 5.94. The summed E-state index contributed by atoms with van der Waals surface area (Å²) < 4.78 is 5.76. The number of carbonyl (C=O) groups excluding carboxylic acids is 1. The van der Waals surface area contributed by atoms with E-state index in [0.29, 0.717) is 35.9 Å². The number of pyridine rings is 1. The van der Waals surface area contributed by atoms with Crippen LogP contribution in [0.3, 0.4) is 0 Å². The van der Waals surface area contributed by atoms with Crippen LogP contribution in [0.25, 0.3) is 10.9 Å². The van der Waals surface area contributed by atoms with Crippen molar-refractivity contribution >= 4 is 28.6 Å². The summed E-state index contributed by atoms with van der Waals surface area (Å²) in [7, 11) is 4.00. The number of nitrogens with one attached hydrogen (secondary N) is 2. The highest BCUT2D eigenvalue weighted by Crippen LogP contribution is 2.28. The molecule has 2 heterocycles. The quantitative estimate of drug-likeness (QED) is 0.319. The number of hydrogen-bond donors (Lipinski definition) is 2. The molecule has 2 aromatic heterocycles. The molecule has 0 aliphatic heterocycles. The van der Waals surface area contributed by atoms with Crippen LogP contribution in [0.4, 0.5) is 11.8 Å². The van der Waals surface area contributed by atoms with Crippen molar-refractivity contribution in [2.24, 2.45) is 5.92 Å². The van der Waals surface area contributed by atoms with Gasteiger partial charge in [0.05, 0.1) is 11.1 Å². The molecule has 8 heteroatoms. The molecule has 1 saturated carbocycles. The molecule has 0 saturated heterocycles. The number of para-hydroxylation sites is 1. The van der Waals surface area contributed by atoms with E-state index in [4.69, 9.17) is 14.7 Å². The number of aryl methyl sites for hydroxylation is 1. The zero-order valence-electron chi connectivity index (χ0n) is 22.1. The van der Waals surface area contributed by atoms with Crippen LogP contribution in [-0.4, -0.2) is 47.5 Å². The minimum atomic E-state index is -0.111. The maximum atomic E-state index is 12.7. The Morgan fingerprint density at radius 3 is 2.45 bits per heavy atom. The summed E-state index contributed by atoms with van der Waals surface area (Å²) in [5, 5.41) is 7.67. The smallest absolute Gasteiger partial charge is 0.252 e. The van der Waals surface area contributed by atoms with Gasteiger partial charge in [-0.25, -0.2) is 9.97 Å². The van der Waals surface area contributed by atoms with Gasteiger partial charge in [-0.1, -0.05) is 29.8 Å². The number of benzene rings is 2. The zero-order chi connectivity index (χ0) is 26.5. The first-order valence-corrected chi connectivity index (χ1v) is 13.1. The van der Waals surface area contributed by atoms with E-state index < -0.39 is 0 Å². The van der Waals surface area contributed by atoms with E-state index in [9.17, 15) is 4.79 Å². The molecule has 1 aliphatic rings. The van der Waals surface area contributed by atoms with Crippen LogP contribution in [0.5, 0.6) is 11.6 Å². The van der Waals surface area contributed by atoms with E-state index in [-0.39, 0.29) is 5.91 Å². The first-order valence-electron chi connectivity index (χ1n) is 13.1. The Bertz CT molecular complexity index is 1380. The topological polar surface area (TPSA) is 92.3 Å². The average molecular weight is 511 g/mol. The lowest BCUT2D eigenvalue weighted by Gasteiger charge is -2.29. The van der Waals surface area contributed by atoms with E-state index in [1.165, 1.54) is 5.56 Å². The minimum Gasteiger partial charge on any atom is -0.439 e. The lowest BCUT2D eigenvalue weighted by molar-refractivity contribution is 0.0943. The lowest BCUT2D eigenvalue weighted by Crippen LogP contribution is -2.34. The number of nitrogens with zero attached hydrogens (tertiary/aromatic N) is 4. The van der Waals surface area contributed by atoms with Gasteiger partial charge in [0.25, 0.3) is 5.91 Å². The summed E-state index contributed by atoms with van der Waals surface area (Å²) in [5.41, 5.74) is 2.63. The predicted octanol–water partition coefficient (Wildman–Crippen LogP) is 5.59. The second kappa shape index (κ2) is 11.5. The molecule has 0 atom stereocenters. The van der Waals surface area contributed by atoms with Gasteiger partial charge >= 0.3 is 0 Å². The fourth-order valence-corrected chi connectivity index (χ4v) is 4.80. The molecular formula is C30H34N6O2. The van der Waals surface area contributed by atoms with Crippen molar-refractivity contribution in [3.8, 4) is 11.6 Å². The number of amides is 1. The Hall–Kier alpha value is -4.20. The van der Waals surface area contributed by atoms with Crippen LogP contribution in [0.2, 0.25) is 0 Å². The summed E-state index contributed by atoms with van der Waals surface area (Å²) >= 11 is 0. The van der Waals surface area contributed by atoms with Gasteiger partial charge in [0.1, 0.15) is 11.6 Å². The van der Waals surface area contributed by atoms with Crippen molar-refractivity contribution in [1.82, 2.24) is 20.3 Å². The highest BCUT2D eigenvalue weighted by atomic mass is 16.5. The largest absolute Gasteiger partial charge is 0.439 e. The Morgan fingerprint density at radius 1 is 0.974 bits per heavy atom. The van der Waals surface area contributed by atoms with Crippen LogP contribution < -0.4 is 20.3 Å². The fourth-order valence-electron chi connectivity index (χ4n) is 4.80. The molecule has 0 unspecified atom stereocenters. The van der Waals surface area contributed by atoms with Gasteiger partial charge in [0.15, 0.2) is 0 Å². The number of aromatic nitrogens is 3. The van der Waals surface area contributed by atoms with Crippen molar-refractivity contribution in [1.29, 1.82) is 0 Å². The van der Waals surface area contributed by atoms with E-state index >= 15 is 0 Å². The van der Waals surface area contributed by atoms with E-state index in [1.54, 1.807) is 18.3 Å². The Balaban J connectivity index is 1.09. The molecule has 8 nitrogen and oxygen atoms in total. The SMILES string of the molecule is Cc1ccc(Oc2ccc(C(=O)NCC3CCC(Nc4nc(N(C)C)c5ccccc5n4)CC3)cn2)cc1. The molecule has 2 N–H and O–H groups in total. The fraction of sp³-hybridized carbons (Fsp3) is 0.333. The van der Waals surface area contributed by atoms with Gasteiger partial charge in [-0.2, -0.15) is 4.98 Å². The van der Waals surface area contributed by atoms with Crippen LogP contribution >= 0.6 is 0 Å². The number of rotatable bonds is 8. The van der Waals surface area contributed by atoms with Crippen molar-refractivity contribution in [2.75, 3.05) is 30.9 Å². The minimum absolute atomic E-state index is 0.111. The zero-order valence-corrected chi connectivity index (χ0v) is 22.1. The molecule has 1 amide bonds. The maximum absolute atomic E-state index is 12.7. The average Bonchev–Trinajstić information content (AvgIpc) is 2.93. The van der Waals surface area contributed by atoms with Crippen LogP contribution in [0.15, 0.2) is 66.9 Å². The van der Waals surface area contributed by atoms with E-state index in [2.05, 4.69) is 21.7 Å². The van der Waals surface area contributed by atoms with Gasteiger partial charge in [-0.3, -0.25) is 4.79 Å². The number of hydrogen-bond acceptors (Lipinski definition) is 7. The van der Waals surface area contributed by atoms with Gasteiger partial charge in [-0.15, -0.1) is 0 Å². The van der Waals surface area contributed by atoms with Crippen LogP contribution in [-0.2, 0) is 0 Å². The first-order chi connectivity index (χ1) is 18.4. The molecule has 5 rings (SSSR count). The van der Waals surface area contributed by atoms with Gasteiger partial charge in [0, 0.05) is 44.3 Å². The summed E-state index contributed by atoms with van der Waals surface area (Å²) in [6, 6.07) is 19.7. The predicted molar refractivity (Wildman–Crippen MR) is 151 cm³/mol. The number of anilines is 2. The molecule has 1 aliphatic carbocycles. The number of carbonyl (C=O) groups is 1. The van der Waals surface area contributed by atoms with Gasteiger partial charge in [0.2, 0.25) is 11.8 Å². The van der Waals surface area contributed by atoms with Crippen molar-refractivity contribution in [3.63, 3.8) is 0 Å². The molecule has 0 bridgehead atoms. The molecule has 1 fully saturated rings. The molecule has 196 valence electrons. The second-order valence-corrected chi connectivity index (χ2v) is 10.2. The first kappa shape index (κ1) is 25.4. The maximum Gasteiger partial charge on any atom is 0.252 e. The normalized spacial score (nSPS) is 17.1. The number of ether oxygens (including phenoxy) is 1. The third-order valence-electron chi connectivity index (χ3n) is 6.98. The van der Waals surface area contributed by atoms with Gasteiger partial charge < -0.3 is 20.3 Å². The highest BCUT2D eigenvalue weighted by Gasteiger charge is 2.23. The Labute approximate surface area is 223 Å². The Morgan fingerprint density at radius 2 is 1.74 bits per heavy atom. The summed E-state index contributed by atoms with van der Waals surface area (Å²) in [5.74, 6) is 3.11. The van der Waals surface area contributed by atoms with E-state index in [1.807, 2.05) is 68.4 Å². The van der Waals surface area contributed by atoms with Crippen LogP contribution in [0.1, 0.15) is 41.6 Å². The van der Waals surface area contributed by atoms with Crippen LogP contribution in [0, 0.1) is 12.8 Å². The molecule has 2 aromatic carbocycles. The molecule has 0 spiro atoms. The standard InChI is InChI=1S/C30H34N6O2/c1-20-8-15-24(16-9-20)38-27-17-12-22(19-31-27)29(37)32-18-21-10-13-23(14-11-21)33-30-34-26-7-5-4-6-25(26)28(35-30)36(2)3/h4-9,12,15-17,19,21,23H,10-11,13-14,18H2,1-3H3,(H,32,37)(H,33,34,35). The van der Waals surface area contributed by atoms with Crippen molar-refractivity contribution in [2.45, 2.75) is 38.6 Å². The third-order valence-corrected chi connectivity index (χ3v) is 6.98. The molecular weight excluding hydrogens is 476 g/mol. The summed E-state index contributed by atoms with van der Waals surface area (Å²) in [6.45, 7) is 2.68. The Kier molecular flexibility index (Phi) is 7.67. The molecule has 0 radical (unpaired) electrons. The van der Waals surface area contributed by atoms with Gasteiger partial charge in [-0.05, 0) is 68.9 Å². The van der Waals surface area contributed by atoms with Crippen molar-refractivity contribution in [3.05, 3.63) is 78.0 Å². The lowest BCUT2D eigenvalue weighted by atomic mass is 9.86. The van der Waals surface area contributed by atoms with Crippen molar-refractivity contribution < 1.29 is 9.53 Å². The van der Waals surface area contributed by atoms with E-state index in [0.717, 1.165) is 48.2 Å². The third kappa shape index (κ3) is 6.19. The monoisotopic (exact) mass is 510 g/mol.